The van der Waals surface area contributed by atoms with Gasteiger partial charge in [0.2, 0.25) is 0 Å². The van der Waals surface area contributed by atoms with Crippen molar-refractivity contribution in [1.82, 2.24) is 10.2 Å². The van der Waals surface area contributed by atoms with E-state index in [-0.39, 0.29) is 17.8 Å². The number of hydrogen-bond acceptors (Lipinski definition) is 3. The minimum atomic E-state index is -0.149. The van der Waals surface area contributed by atoms with Crippen LogP contribution in [-0.4, -0.2) is 41.1 Å². The largest absolute Gasteiger partial charge is 0.409 e. The van der Waals surface area contributed by atoms with Crippen LogP contribution in [0.25, 0.3) is 0 Å². The summed E-state index contributed by atoms with van der Waals surface area (Å²) in [6.07, 6.45) is 4.52. The van der Waals surface area contributed by atoms with E-state index in [2.05, 4.69) is 10.5 Å². The number of oxime groups is 1. The highest BCUT2D eigenvalue weighted by Gasteiger charge is 2.22. The van der Waals surface area contributed by atoms with Crippen molar-refractivity contribution in [3.8, 4) is 0 Å². The number of amides is 2. The lowest BCUT2D eigenvalue weighted by molar-refractivity contribution is 0.192. The lowest BCUT2D eigenvalue weighted by atomic mass is 10.1. The molecule has 6 nitrogen and oxygen atoms in total. The molecule has 18 heavy (non-hydrogen) atoms. The summed E-state index contributed by atoms with van der Waals surface area (Å²) in [5.41, 5.74) is 5.52. The van der Waals surface area contributed by atoms with Crippen LogP contribution in [0.15, 0.2) is 5.16 Å². The topological polar surface area (TPSA) is 90.9 Å². The molecule has 0 radical (unpaired) electrons. The van der Waals surface area contributed by atoms with Crippen LogP contribution in [-0.2, 0) is 0 Å². The van der Waals surface area contributed by atoms with E-state index in [1.54, 1.807) is 4.90 Å². The van der Waals surface area contributed by atoms with E-state index in [1.165, 1.54) is 12.8 Å². The molecule has 6 heteroatoms. The van der Waals surface area contributed by atoms with E-state index < -0.39 is 0 Å². The minimum absolute atomic E-state index is 0.0537. The van der Waals surface area contributed by atoms with Gasteiger partial charge >= 0.3 is 6.03 Å². The van der Waals surface area contributed by atoms with Gasteiger partial charge in [0.25, 0.3) is 0 Å². The fraction of sp³-hybridized carbons (Fsp3) is 0.833. The first kappa shape index (κ1) is 14.6. The van der Waals surface area contributed by atoms with Crippen molar-refractivity contribution in [3.05, 3.63) is 0 Å². The van der Waals surface area contributed by atoms with Crippen LogP contribution in [0.3, 0.4) is 0 Å². The molecule has 0 aromatic heterocycles. The van der Waals surface area contributed by atoms with Crippen molar-refractivity contribution in [1.29, 1.82) is 0 Å². The smallest absolute Gasteiger partial charge is 0.317 e. The van der Waals surface area contributed by atoms with Gasteiger partial charge in [-0.2, -0.15) is 0 Å². The highest BCUT2D eigenvalue weighted by atomic mass is 16.4. The Morgan fingerprint density at radius 2 is 2.17 bits per heavy atom. The molecular formula is C12H24N4O2. The van der Waals surface area contributed by atoms with Crippen LogP contribution in [0.1, 0.15) is 39.5 Å². The molecule has 1 saturated carbocycles. The summed E-state index contributed by atoms with van der Waals surface area (Å²) in [5, 5.41) is 14.6. The summed E-state index contributed by atoms with van der Waals surface area (Å²) < 4.78 is 0. The summed E-state index contributed by atoms with van der Waals surface area (Å²) in [7, 11) is 0. The zero-order chi connectivity index (χ0) is 13.5. The van der Waals surface area contributed by atoms with Gasteiger partial charge in [-0.25, -0.2) is 4.79 Å². The maximum absolute atomic E-state index is 12.0. The molecule has 1 atom stereocenters. The fourth-order valence-electron chi connectivity index (χ4n) is 2.21. The van der Waals surface area contributed by atoms with Gasteiger partial charge in [-0.15, -0.1) is 0 Å². The van der Waals surface area contributed by atoms with E-state index in [0.29, 0.717) is 19.1 Å². The standard InChI is InChI=1S/C12H24N4O2/c1-3-16(8-9(2)11(13)15-18)12(17)14-10-6-4-5-7-10/h9-10,18H,3-8H2,1-2H3,(H2,13,15)(H,14,17). The normalized spacial score (nSPS) is 18.7. The van der Waals surface area contributed by atoms with Crippen molar-refractivity contribution in [2.75, 3.05) is 13.1 Å². The third kappa shape index (κ3) is 4.09. The van der Waals surface area contributed by atoms with E-state index in [4.69, 9.17) is 10.9 Å². The Balaban J connectivity index is 2.46. The number of carbonyl (C=O) groups excluding carboxylic acids is 1. The molecule has 0 saturated heterocycles. The second kappa shape index (κ2) is 7.08. The van der Waals surface area contributed by atoms with Crippen LogP contribution in [0.4, 0.5) is 4.79 Å². The van der Waals surface area contributed by atoms with Crippen molar-refractivity contribution < 1.29 is 10.0 Å². The van der Waals surface area contributed by atoms with Crippen molar-refractivity contribution in [2.45, 2.75) is 45.6 Å². The van der Waals surface area contributed by atoms with Gasteiger partial charge in [0.05, 0.1) is 0 Å². The van der Waals surface area contributed by atoms with Gasteiger partial charge in [0.1, 0.15) is 5.84 Å². The van der Waals surface area contributed by atoms with Crippen LogP contribution < -0.4 is 11.1 Å². The number of nitrogens with zero attached hydrogens (tertiary/aromatic N) is 2. The first-order valence-corrected chi connectivity index (χ1v) is 6.61. The van der Waals surface area contributed by atoms with Gasteiger partial charge < -0.3 is 21.2 Å². The Morgan fingerprint density at radius 3 is 2.67 bits per heavy atom. The Hall–Kier alpha value is -1.46. The number of urea groups is 1. The van der Waals surface area contributed by atoms with Crippen molar-refractivity contribution in [3.63, 3.8) is 0 Å². The maximum Gasteiger partial charge on any atom is 0.317 e. The molecule has 0 spiro atoms. The van der Waals surface area contributed by atoms with Crippen LogP contribution in [0.2, 0.25) is 0 Å². The molecule has 1 unspecified atom stereocenters. The second-order valence-corrected chi connectivity index (χ2v) is 4.90. The lowest BCUT2D eigenvalue weighted by Crippen LogP contribution is -2.46. The number of carbonyl (C=O) groups is 1. The van der Waals surface area contributed by atoms with Gasteiger partial charge in [0, 0.05) is 25.0 Å². The first-order valence-electron chi connectivity index (χ1n) is 6.61. The predicted octanol–water partition coefficient (Wildman–Crippen LogP) is 1.34. The van der Waals surface area contributed by atoms with E-state index in [1.807, 2.05) is 13.8 Å². The second-order valence-electron chi connectivity index (χ2n) is 4.90. The maximum atomic E-state index is 12.0. The zero-order valence-electron chi connectivity index (χ0n) is 11.2. The Bertz CT molecular complexity index is 300. The number of hydrogen-bond donors (Lipinski definition) is 3. The minimum Gasteiger partial charge on any atom is -0.409 e. The number of nitrogens with two attached hydrogens (primary N) is 1. The van der Waals surface area contributed by atoms with Gasteiger partial charge in [0.15, 0.2) is 0 Å². The number of rotatable bonds is 5. The summed E-state index contributed by atoms with van der Waals surface area (Å²) in [4.78, 5) is 13.7. The van der Waals surface area contributed by atoms with Gasteiger partial charge in [-0.05, 0) is 19.8 Å². The average molecular weight is 256 g/mol. The predicted molar refractivity (Wildman–Crippen MR) is 70.6 cm³/mol. The Morgan fingerprint density at radius 1 is 1.56 bits per heavy atom. The Kier molecular flexibility index (Phi) is 5.74. The van der Waals surface area contributed by atoms with Gasteiger partial charge in [-0.3, -0.25) is 0 Å². The van der Waals surface area contributed by atoms with Crippen LogP contribution >= 0.6 is 0 Å². The summed E-state index contributed by atoms with van der Waals surface area (Å²) in [6.45, 7) is 4.83. The molecule has 1 aliphatic carbocycles. The molecule has 2 amide bonds. The molecule has 104 valence electrons. The highest BCUT2D eigenvalue weighted by Crippen LogP contribution is 2.17. The molecular weight excluding hydrogens is 232 g/mol. The molecule has 1 aliphatic rings. The van der Waals surface area contributed by atoms with Crippen molar-refractivity contribution >= 4 is 11.9 Å². The molecule has 0 aromatic rings. The molecule has 4 N–H and O–H groups in total. The zero-order valence-corrected chi connectivity index (χ0v) is 11.2. The summed E-state index contributed by atoms with van der Waals surface area (Å²) in [6, 6.07) is 0.257. The lowest BCUT2D eigenvalue weighted by Gasteiger charge is -2.26. The molecule has 0 aliphatic heterocycles. The molecule has 0 bridgehead atoms. The van der Waals surface area contributed by atoms with Crippen LogP contribution in [0.5, 0.6) is 0 Å². The molecule has 0 aromatic carbocycles. The van der Waals surface area contributed by atoms with Crippen molar-refractivity contribution in [2.24, 2.45) is 16.8 Å². The van der Waals surface area contributed by atoms with E-state index in [9.17, 15) is 4.79 Å². The third-order valence-corrected chi connectivity index (χ3v) is 3.47. The quantitative estimate of drug-likeness (QED) is 0.300. The summed E-state index contributed by atoms with van der Waals surface area (Å²) in [5.74, 6) is 0.00592. The van der Waals surface area contributed by atoms with E-state index in [0.717, 1.165) is 12.8 Å². The Labute approximate surface area is 108 Å². The van der Waals surface area contributed by atoms with Gasteiger partial charge in [-0.1, -0.05) is 24.9 Å². The van der Waals surface area contributed by atoms with Crippen LogP contribution in [0, 0.1) is 5.92 Å². The number of nitrogens with one attached hydrogen (secondary N) is 1. The summed E-state index contributed by atoms with van der Waals surface area (Å²) >= 11 is 0. The monoisotopic (exact) mass is 256 g/mol. The van der Waals surface area contributed by atoms with E-state index >= 15 is 0 Å². The molecule has 0 heterocycles. The molecule has 1 fully saturated rings. The molecule has 1 rings (SSSR count). The number of amidine groups is 1. The first-order chi connectivity index (χ1) is 8.58. The fourth-order valence-corrected chi connectivity index (χ4v) is 2.21. The average Bonchev–Trinajstić information content (AvgIpc) is 2.87. The third-order valence-electron chi connectivity index (χ3n) is 3.47. The highest BCUT2D eigenvalue weighted by molar-refractivity contribution is 5.83. The SMILES string of the molecule is CCN(CC(C)C(N)=NO)C(=O)NC1CCCC1.